The Hall–Kier alpha value is -0.290. The summed E-state index contributed by atoms with van der Waals surface area (Å²) in [5, 5.41) is 4.34. The highest BCUT2D eigenvalue weighted by Gasteiger charge is 2.36. The van der Waals surface area contributed by atoms with Gasteiger partial charge in [-0.05, 0) is 55.9 Å². The molecule has 6 heteroatoms. The van der Waals surface area contributed by atoms with E-state index in [9.17, 15) is 4.79 Å². The number of benzene rings is 1. The second kappa shape index (κ2) is 8.19. The van der Waals surface area contributed by atoms with Gasteiger partial charge in [0.2, 0.25) is 5.91 Å². The summed E-state index contributed by atoms with van der Waals surface area (Å²) in [7, 11) is 1.96. The highest BCUT2D eigenvalue weighted by molar-refractivity contribution is 9.10. The second-order valence-electron chi connectivity index (χ2n) is 6.50. The van der Waals surface area contributed by atoms with Crippen LogP contribution in [0.2, 0.25) is 5.02 Å². The summed E-state index contributed by atoms with van der Waals surface area (Å²) in [6.07, 6.45) is 5.98. The van der Waals surface area contributed by atoms with Crippen LogP contribution in [0.4, 0.5) is 0 Å². The molecule has 1 N–H and O–H groups in total. The SMILES string of the molecule is CN(C(=O)CCc1cc(Cl)ccc1Br)C1CC2CCC(C1)N2.Cl. The van der Waals surface area contributed by atoms with Crippen LogP contribution >= 0.6 is 39.9 Å². The normalized spacial score (nSPS) is 25.8. The maximum absolute atomic E-state index is 12.5. The lowest BCUT2D eigenvalue weighted by Gasteiger charge is -2.35. The lowest BCUT2D eigenvalue weighted by atomic mass is 9.98. The van der Waals surface area contributed by atoms with E-state index in [0.29, 0.717) is 29.6 Å². The first kappa shape index (κ1) is 19.0. The molecule has 2 bridgehead atoms. The number of amides is 1. The summed E-state index contributed by atoms with van der Waals surface area (Å²) < 4.78 is 1.02. The van der Waals surface area contributed by atoms with Crippen LogP contribution in [-0.4, -0.2) is 36.0 Å². The minimum Gasteiger partial charge on any atom is -0.343 e. The van der Waals surface area contributed by atoms with E-state index in [-0.39, 0.29) is 18.3 Å². The number of fused-ring (bicyclic) bond motifs is 2. The second-order valence-corrected chi connectivity index (χ2v) is 7.79. The van der Waals surface area contributed by atoms with Gasteiger partial charge in [0.15, 0.2) is 0 Å². The molecule has 0 aliphatic carbocycles. The van der Waals surface area contributed by atoms with Gasteiger partial charge in [0.05, 0.1) is 0 Å². The van der Waals surface area contributed by atoms with E-state index in [1.54, 1.807) is 0 Å². The van der Waals surface area contributed by atoms with Gasteiger partial charge in [-0.15, -0.1) is 12.4 Å². The van der Waals surface area contributed by atoms with Crippen LogP contribution in [0.3, 0.4) is 0 Å². The third-order valence-corrected chi connectivity index (χ3v) is 6.01. The standard InChI is InChI=1S/C17H22BrClN2O.ClH/c1-21(15-9-13-4-5-14(10-15)20-13)17(22)7-2-11-8-12(19)3-6-16(11)18;/h3,6,8,13-15,20H,2,4-5,7,9-10H2,1H3;1H. The largest absolute Gasteiger partial charge is 0.343 e. The first-order chi connectivity index (χ1) is 10.5. The quantitative estimate of drug-likeness (QED) is 0.789. The van der Waals surface area contributed by atoms with Crippen LogP contribution in [0.1, 0.15) is 37.7 Å². The van der Waals surface area contributed by atoms with E-state index in [1.165, 1.54) is 12.8 Å². The maximum atomic E-state index is 12.5. The summed E-state index contributed by atoms with van der Waals surface area (Å²) in [5.74, 6) is 0.234. The van der Waals surface area contributed by atoms with E-state index >= 15 is 0 Å². The zero-order valence-electron chi connectivity index (χ0n) is 13.2. The minimum atomic E-state index is 0. The van der Waals surface area contributed by atoms with Crippen LogP contribution in [0.25, 0.3) is 0 Å². The molecule has 3 rings (SSSR count). The summed E-state index contributed by atoms with van der Waals surface area (Å²) >= 11 is 9.56. The number of rotatable bonds is 4. The van der Waals surface area contributed by atoms with E-state index in [1.807, 2.05) is 30.1 Å². The number of nitrogens with zero attached hydrogens (tertiary/aromatic N) is 1. The molecule has 1 amide bonds. The van der Waals surface area contributed by atoms with Gasteiger partial charge in [-0.3, -0.25) is 4.79 Å². The predicted molar refractivity (Wildman–Crippen MR) is 100 cm³/mol. The summed E-state index contributed by atoms with van der Waals surface area (Å²) in [5.41, 5.74) is 1.10. The number of hydrogen-bond acceptors (Lipinski definition) is 2. The van der Waals surface area contributed by atoms with Crippen LogP contribution in [0.15, 0.2) is 22.7 Å². The van der Waals surface area contributed by atoms with Crippen molar-refractivity contribution < 1.29 is 4.79 Å². The molecular weight excluding hydrogens is 399 g/mol. The van der Waals surface area contributed by atoms with Crippen molar-refractivity contribution >= 4 is 45.8 Å². The molecule has 128 valence electrons. The number of hydrogen-bond donors (Lipinski definition) is 1. The fourth-order valence-electron chi connectivity index (χ4n) is 3.70. The molecule has 23 heavy (non-hydrogen) atoms. The molecule has 2 heterocycles. The van der Waals surface area contributed by atoms with Crippen LogP contribution in [-0.2, 0) is 11.2 Å². The van der Waals surface area contributed by atoms with Gasteiger partial charge in [0, 0.05) is 41.1 Å². The van der Waals surface area contributed by atoms with Gasteiger partial charge in [-0.1, -0.05) is 27.5 Å². The Morgan fingerprint density at radius 2 is 2.00 bits per heavy atom. The molecule has 1 aromatic carbocycles. The lowest BCUT2D eigenvalue weighted by molar-refractivity contribution is -0.132. The van der Waals surface area contributed by atoms with Gasteiger partial charge in [0.1, 0.15) is 0 Å². The first-order valence-electron chi connectivity index (χ1n) is 7.98. The molecule has 2 atom stereocenters. The van der Waals surface area contributed by atoms with Crippen LogP contribution < -0.4 is 5.32 Å². The van der Waals surface area contributed by atoms with Crippen LogP contribution in [0, 0.1) is 0 Å². The van der Waals surface area contributed by atoms with Crippen molar-refractivity contribution in [1.82, 2.24) is 10.2 Å². The Kier molecular flexibility index (Phi) is 6.78. The van der Waals surface area contributed by atoms with Crippen molar-refractivity contribution in [3.05, 3.63) is 33.3 Å². The molecule has 0 radical (unpaired) electrons. The molecule has 1 aromatic rings. The maximum Gasteiger partial charge on any atom is 0.222 e. The van der Waals surface area contributed by atoms with Crippen molar-refractivity contribution in [2.24, 2.45) is 0 Å². The Morgan fingerprint density at radius 3 is 2.65 bits per heavy atom. The summed E-state index contributed by atoms with van der Waals surface area (Å²) in [6.45, 7) is 0. The molecule has 2 aliphatic heterocycles. The topological polar surface area (TPSA) is 32.3 Å². The van der Waals surface area contributed by atoms with E-state index in [2.05, 4.69) is 21.2 Å². The van der Waals surface area contributed by atoms with E-state index < -0.39 is 0 Å². The molecule has 2 unspecified atom stereocenters. The lowest BCUT2D eigenvalue weighted by Crippen LogP contribution is -2.48. The number of nitrogens with one attached hydrogen (secondary N) is 1. The van der Waals surface area contributed by atoms with Gasteiger partial charge < -0.3 is 10.2 Å². The summed E-state index contributed by atoms with van der Waals surface area (Å²) in [4.78, 5) is 14.5. The molecule has 2 fully saturated rings. The van der Waals surface area contributed by atoms with E-state index in [0.717, 1.165) is 29.3 Å². The van der Waals surface area contributed by atoms with Crippen molar-refractivity contribution in [2.75, 3.05) is 7.05 Å². The van der Waals surface area contributed by atoms with Crippen LogP contribution in [0.5, 0.6) is 0 Å². The highest BCUT2D eigenvalue weighted by Crippen LogP contribution is 2.30. The smallest absolute Gasteiger partial charge is 0.222 e. The third-order valence-electron chi connectivity index (χ3n) is 5.01. The molecular formula is C17H23BrCl2N2O. The zero-order valence-corrected chi connectivity index (χ0v) is 16.4. The molecule has 3 nitrogen and oxygen atoms in total. The Balaban J connectivity index is 0.00000192. The van der Waals surface area contributed by atoms with Gasteiger partial charge >= 0.3 is 0 Å². The number of piperidine rings is 1. The monoisotopic (exact) mass is 420 g/mol. The summed E-state index contributed by atoms with van der Waals surface area (Å²) in [6, 6.07) is 7.35. The molecule has 2 aliphatic rings. The Labute approximate surface area is 157 Å². The van der Waals surface area contributed by atoms with Crippen molar-refractivity contribution in [3.8, 4) is 0 Å². The first-order valence-corrected chi connectivity index (χ1v) is 9.15. The fraction of sp³-hybridized carbons (Fsp3) is 0.588. The number of carbonyl (C=O) groups is 1. The number of halogens is 3. The van der Waals surface area contributed by atoms with Crippen molar-refractivity contribution in [1.29, 1.82) is 0 Å². The molecule has 2 saturated heterocycles. The number of carbonyl (C=O) groups excluding carboxylic acids is 1. The average molecular weight is 422 g/mol. The fourth-order valence-corrected chi connectivity index (χ4v) is 4.34. The van der Waals surface area contributed by atoms with Gasteiger partial charge in [0.25, 0.3) is 0 Å². The minimum absolute atomic E-state index is 0. The highest BCUT2D eigenvalue weighted by atomic mass is 79.9. The Morgan fingerprint density at radius 1 is 1.35 bits per heavy atom. The van der Waals surface area contributed by atoms with E-state index in [4.69, 9.17) is 11.6 Å². The van der Waals surface area contributed by atoms with Gasteiger partial charge in [-0.2, -0.15) is 0 Å². The molecule has 0 saturated carbocycles. The van der Waals surface area contributed by atoms with Crippen molar-refractivity contribution in [2.45, 2.75) is 56.7 Å². The zero-order chi connectivity index (χ0) is 15.7. The third kappa shape index (κ3) is 4.62. The number of aryl methyl sites for hydroxylation is 1. The molecule has 0 spiro atoms. The molecule has 0 aromatic heterocycles. The Bertz CT molecular complexity index is 558. The average Bonchev–Trinajstić information content (AvgIpc) is 2.85. The predicted octanol–water partition coefficient (Wildman–Crippen LogP) is 4.20. The van der Waals surface area contributed by atoms with Crippen molar-refractivity contribution in [3.63, 3.8) is 0 Å². The van der Waals surface area contributed by atoms with Gasteiger partial charge in [-0.25, -0.2) is 0 Å².